The number of carboxylic acids is 1. The van der Waals surface area contributed by atoms with Crippen molar-refractivity contribution in [3.63, 3.8) is 0 Å². The normalized spacial score (nSPS) is 15.1. The second-order valence-electron chi connectivity index (χ2n) is 7.98. The van der Waals surface area contributed by atoms with Crippen LogP contribution in [0, 0.1) is 5.41 Å². The Morgan fingerprint density at radius 2 is 1.66 bits per heavy atom. The number of anilines is 1. The molecule has 35 heavy (non-hydrogen) atoms. The zero-order valence-corrected chi connectivity index (χ0v) is 19.9. The van der Waals surface area contributed by atoms with E-state index in [2.05, 4.69) is 0 Å². The van der Waals surface area contributed by atoms with Gasteiger partial charge in [-0.15, -0.1) is 12.4 Å². The van der Waals surface area contributed by atoms with E-state index in [1.165, 1.54) is 0 Å². The number of amides is 1. The molecule has 0 fully saturated rings. The van der Waals surface area contributed by atoms with Gasteiger partial charge in [-0.3, -0.25) is 19.9 Å². The Morgan fingerprint density at radius 3 is 2.20 bits per heavy atom. The molecule has 0 aliphatic carbocycles. The lowest BCUT2D eigenvalue weighted by molar-refractivity contribution is -0.137. The predicted octanol–water partition coefficient (Wildman–Crippen LogP) is 4.56. The standard InChI is InChI=1S/C27H25N3O4.ClH/c1-34-25-23(18-10-7-17(8-11-18)9-16-22(31)32)27(33)30(24(25)19-5-3-2-4-6-19)21-14-12-20(13-15-21)26(28)29;/h2-8,10-15,24H,9,16H2,1H3,(H3,28,29)(H,31,32);1H. The average molecular weight is 492 g/mol. The van der Waals surface area contributed by atoms with Crippen LogP contribution >= 0.6 is 12.4 Å². The van der Waals surface area contributed by atoms with Gasteiger partial charge in [0.15, 0.2) is 0 Å². The highest BCUT2D eigenvalue weighted by Gasteiger charge is 2.42. The number of halogens is 1. The first-order chi connectivity index (χ1) is 16.4. The number of aliphatic carboxylic acids is 1. The molecule has 1 atom stereocenters. The molecule has 1 unspecified atom stereocenters. The highest BCUT2D eigenvalue weighted by atomic mass is 35.5. The zero-order valence-electron chi connectivity index (χ0n) is 19.1. The minimum atomic E-state index is -0.850. The molecule has 1 amide bonds. The number of carbonyl (C=O) groups excluding carboxylic acids is 1. The van der Waals surface area contributed by atoms with Crippen molar-refractivity contribution in [2.45, 2.75) is 18.9 Å². The van der Waals surface area contributed by atoms with Gasteiger partial charge in [0.2, 0.25) is 0 Å². The quantitative estimate of drug-likeness (QED) is 0.315. The first-order valence-electron chi connectivity index (χ1n) is 10.8. The number of nitrogens with one attached hydrogen (secondary N) is 1. The third-order valence-corrected chi connectivity index (χ3v) is 5.85. The van der Waals surface area contributed by atoms with Gasteiger partial charge in [-0.25, -0.2) is 0 Å². The Hall–Kier alpha value is -4.10. The fourth-order valence-electron chi connectivity index (χ4n) is 4.17. The summed E-state index contributed by atoms with van der Waals surface area (Å²) in [5.74, 6) is -0.570. The largest absolute Gasteiger partial charge is 0.498 e. The van der Waals surface area contributed by atoms with Crippen molar-refractivity contribution in [1.82, 2.24) is 0 Å². The molecule has 180 valence electrons. The van der Waals surface area contributed by atoms with E-state index in [-0.39, 0.29) is 30.6 Å². The van der Waals surface area contributed by atoms with E-state index in [0.29, 0.717) is 34.6 Å². The molecular weight excluding hydrogens is 466 g/mol. The molecule has 1 aliphatic heterocycles. The fraction of sp³-hybridized carbons (Fsp3) is 0.148. The Labute approximate surface area is 209 Å². The molecule has 4 rings (SSSR count). The minimum Gasteiger partial charge on any atom is -0.498 e. The van der Waals surface area contributed by atoms with Crippen molar-refractivity contribution in [2.24, 2.45) is 5.73 Å². The predicted molar refractivity (Wildman–Crippen MR) is 138 cm³/mol. The summed E-state index contributed by atoms with van der Waals surface area (Å²) in [7, 11) is 1.56. The summed E-state index contributed by atoms with van der Waals surface area (Å²) in [6.07, 6.45) is 0.464. The number of nitrogens with two attached hydrogens (primary N) is 1. The Balaban J connectivity index is 0.00000342. The summed E-state index contributed by atoms with van der Waals surface area (Å²) in [5, 5.41) is 16.6. The van der Waals surface area contributed by atoms with Crippen LogP contribution in [0.25, 0.3) is 5.57 Å². The molecule has 0 spiro atoms. The number of carboxylic acid groups (broad SMARTS) is 1. The van der Waals surface area contributed by atoms with Crippen molar-refractivity contribution in [3.05, 3.63) is 107 Å². The average Bonchev–Trinajstić information content (AvgIpc) is 3.15. The van der Waals surface area contributed by atoms with Crippen LogP contribution in [0.2, 0.25) is 0 Å². The van der Waals surface area contributed by atoms with Gasteiger partial charge >= 0.3 is 5.97 Å². The lowest BCUT2D eigenvalue weighted by atomic mass is 9.99. The molecule has 0 aromatic heterocycles. The molecule has 7 nitrogen and oxygen atoms in total. The van der Waals surface area contributed by atoms with Crippen LogP contribution in [-0.2, 0) is 20.7 Å². The van der Waals surface area contributed by atoms with Crippen LogP contribution in [0.4, 0.5) is 5.69 Å². The smallest absolute Gasteiger partial charge is 0.303 e. The molecule has 0 bridgehead atoms. The number of nitrogens with zero attached hydrogens (tertiary/aromatic N) is 1. The number of hydrogen-bond donors (Lipinski definition) is 3. The van der Waals surface area contributed by atoms with E-state index in [4.69, 9.17) is 21.0 Å². The number of nitrogen functional groups attached to an aromatic ring is 1. The van der Waals surface area contributed by atoms with E-state index >= 15 is 0 Å². The Morgan fingerprint density at radius 1 is 1.03 bits per heavy atom. The maximum atomic E-state index is 13.8. The SMILES string of the molecule is COC1=C(c2ccc(CCC(=O)O)cc2)C(=O)N(c2ccc(C(=N)N)cc2)C1c1ccccc1.Cl. The summed E-state index contributed by atoms with van der Waals surface area (Å²) < 4.78 is 5.82. The van der Waals surface area contributed by atoms with Crippen LogP contribution in [-0.4, -0.2) is 29.9 Å². The van der Waals surface area contributed by atoms with E-state index in [9.17, 15) is 9.59 Å². The number of amidine groups is 1. The van der Waals surface area contributed by atoms with Crippen molar-refractivity contribution >= 4 is 41.4 Å². The van der Waals surface area contributed by atoms with Crippen LogP contribution in [0.15, 0.2) is 84.6 Å². The van der Waals surface area contributed by atoms with Gasteiger partial charge in [0.1, 0.15) is 17.6 Å². The lowest BCUT2D eigenvalue weighted by Gasteiger charge is -2.27. The summed E-state index contributed by atoms with van der Waals surface area (Å²) in [6.45, 7) is 0. The summed E-state index contributed by atoms with van der Waals surface area (Å²) in [6, 6.07) is 23.5. The maximum Gasteiger partial charge on any atom is 0.303 e. The Bertz CT molecular complexity index is 1260. The third kappa shape index (κ3) is 5.20. The molecule has 3 aromatic carbocycles. The number of carbonyl (C=O) groups is 2. The van der Waals surface area contributed by atoms with Gasteiger partial charge in [-0.05, 0) is 47.4 Å². The van der Waals surface area contributed by atoms with Crippen LogP contribution in [0.1, 0.15) is 34.7 Å². The lowest BCUT2D eigenvalue weighted by Crippen LogP contribution is -2.30. The number of hydrogen-bond acceptors (Lipinski definition) is 4. The zero-order chi connectivity index (χ0) is 24.2. The van der Waals surface area contributed by atoms with Gasteiger partial charge in [-0.1, -0.05) is 54.6 Å². The molecule has 4 N–H and O–H groups in total. The number of aryl methyl sites for hydroxylation is 1. The van der Waals surface area contributed by atoms with Crippen molar-refractivity contribution in [1.29, 1.82) is 5.41 Å². The minimum absolute atomic E-state index is 0. The highest BCUT2D eigenvalue weighted by molar-refractivity contribution is 6.30. The van der Waals surface area contributed by atoms with Crippen molar-refractivity contribution < 1.29 is 19.4 Å². The molecule has 0 radical (unpaired) electrons. The second-order valence-corrected chi connectivity index (χ2v) is 7.98. The van der Waals surface area contributed by atoms with Gasteiger partial charge in [0.25, 0.3) is 5.91 Å². The number of benzene rings is 3. The third-order valence-electron chi connectivity index (χ3n) is 5.85. The van der Waals surface area contributed by atoms with Gasteiger partial charge in [0.05, 0.1) is 12.7 Å². The maximum absolute atomic E-state index is 13.8. The monoisotopic (exact) mass is 491 g/mol. The van der Waals surface area contributed by atoms with E-state index < -0.39 is 12.0 Å². The van der Waals surface area contributed by atoms with Crippen molar-refractivity contribution in [2.75, 3.05) is 12.0 Å². The van der Waals surface area contributed by atoms with Gasteiger partial charge in [0, 0.05) is 17.7 Å². The Kier molecular flexibility index (Phi) is 7.94. The fourth-order valence-corrected chi connectivity index (χ4v) is 4.17. The number of rotatable bonds is 8. The van der Waals surface area contributed by atoms with Gasteiger partial charge < -0.3 is 15.6 Å². The molecule has 8 heteroatoms. The number of ether oxygens (including phenoxy) is 1. The van der Waals surface area contributed by atoms with E-state index in [1.807, 2.05) is 54.6 Å². The summed E-state index contributed by atoms with van der Waals surface area (Å²) >= 11 is 0. The van der Waals surface area contributed by atoms with E-state index in [1.54, 1.807) is 36.3 Å². The highest BCUT2D eigenvalue weighted by Crippen LogP contribution is 2.44. The second kappa shape index (κ2) is 10.9. The molecule has 0 saturated heterocycles. The molecule has 1 aliphatic rings. The van der Waals surface area contributed by atoms with Crippen LogP contribution in [0.3, 0.4) is 0 Å². The van der Waals surface area contributed by atoms with E-state index in [0.717, 1.165) is 11.1 Å². The van der Waals surface area contributed by atoms with Crippen molar-refractivity contribution in [3.8, 4) is 0 Å². The first-order valence-corrected chi connectivity index (χ1v) is 10.8. The van der Waals surface area contributed by atoms with Crippen LogP contribution in [0.5, 0.6) is 0 Å². The van der Waals surface area contributed by atoms with Crippen LogP contribution < -0.4 is 10.6 Å². The molecule has 3 aromatic rings. The summed E-state index contributed by atoms with van der Waals surface area (Å²) in [5.41, 5.74) is 9.76. The summed E-state index contributed by atoms with van der Waals surface area (Å²) in [4.78, 5) is 26.4. The topological polar surface area (TPSA) is 117 Å². The van der Waals surface area contributed by atoms with Gasteiger partial charge in [-0.2, -0.15) is 0 Å². The molecular formula is C27H26ClN3O4. The first kappa shape index (κ1) is 25.5. The molecule has 0 saturated carbocycles. The number of methoxy groups -OCH3 is 1. The molecule has 1 heterocycles.